The van der Waals surface area contributed by atoms with E-state index in [0.717, 1.165) is 28.1 Å². The molecule has 6 nitrogen and oxygen atoms in total. The van der Waals surface area contributed by atoms with Crippen molar-refractivity contribution in [2.75, 3.05) is 11.1 Å². The number of nitrogen functional groups attached to an aromatic ring is 1. The highest BCUT2D eigenvalue weighted by Gasteiger charge is 2.11. The lowest BCUT2D eigenvalue weighted by Crippen LogP contribution is -2.00. The largest absolute Gasteiger partial charge is 0.399 e. The van der Waals surface area contributed by atoms with Gasteiger partial charge < -0.3 is 11.1 Å². The van der Waals surface area contributed by atoms with Crippen LogP contribution in [-0.2, 0) is 0 Å². The molecule has 25 heavy (non-hydrogen) atoms. The Morgan fingerprint density at radius 3 is 2.52 bits per heavy atom. The Morgan fingerprint density at radius 2 is 1.76 bits per heavy atom. The third kappa shape index (κ3) is 2.78. The summed E-state index contributed by atoms with van der Waals surface area (Å²) in [7, 11) is 0. The molecule has 0 saturated heterocycles. The second-order valence-electron chi connectivity index (χ2n) is 6.03. The van der Waals surface area contributed by atoms with Gasteiger partial charge >= 0.3 is 0 Å². The van der Waals surface area contributed by atoms with E-state index in [0.29, 0.717) is 5.82 Å². The number of nitrogens with two attached hydrogens (primary N) is 1. The molecule has 0 aliphatic rings. The highest BCUT2D eigenvalue weighted by molar-refractivity contribution is 5.89. The quantitative estimate of drug-likeness (QED) is 0.559. The smallest absolute Gasteiger partial charge is 0.168 e. The van der Waals surface area contributed by atoms with Crippen molar-refractivity contribution in [1.82, 2.24) is 19.7 Å². The Morgan fingerprint density at radius 1 is 0.960 bits per heavy atom. The van der Waals surface area contributed by atoms with Crippen LogP contribution in [0.4, 0.5) is 17.2 Å². The van der Waals surface area contributed by atoms with Gasteiger partial charge in [0.15, 0.2) is 5.65 Å². The van der Waals surface area contributed by atoms with Crippen LogP contribution in [0.3, 0.4) is 0 Å². The average molecular weight is 330 g/mol. The van der Waals surface area contributed by atoms with Crippen LogP contribution < -0.4 is 11.1 Å². The summed E-state index contributed by atoms with van der Waals surface area (Å²) in [6.07, 6.45) is 3.32. The van der Waals surface area contributed by atoms with E-state index < -0.39 is 0 Å². The van der Waals surface area contributed by atoms with Crippen LogP contribution in [0.25, 0.3) is 16.7 Å². The molecule has 4 aromatic rings. The van der Waals surface area contributed by atoms with E-state index >= 15 is 0 Å². The summed E-state index contributed by atoms with van der Waals surface area (Å²) in [5, 5.41) is 8.67. The minimum absolute atomic E-state index is 0.713. The molecule has 0 atom stereocenters. The van der Waals surface area contributed by atoms with Crippen molar-refractivity contribution >= 4 is 28.2 Å². The average Bonchev–Trinajstić information content (AvgIpc) is 3.04. The van der Waals surface area contributed by atoms with Crippen LogP contribution >= 0.6 is 0 Å². The topological polar surface area (TPSA) is 81.7 Å². The molecule has 0 unspecified atom stereocenters. The van der Waals surface area contributed by atoms with E-state index in [-0.39, 0.29) is 0 Å². The fourth-order valence-electron chi connectivity index (χ4n) is 2.69. The first-order valence-corrected chi connectivity index (χ1v) is 8.01. The molecule has 4 rings (SSSR count). The number of rotatable bonds is 3. The highest BCUT2D eigenvalue weighted by atomic mass is 15.3. The van der Waals surface area contributed by atoms with Crippen LogP contribution in [0.1, 0.15) is 11.1 Å². The summed E-state index contributed by atoms with van der Waals surface area (Å²) < 4.78 is 1.83. The van der Waals surface area contributed by atoms with Gasteiger partial charge in [0.05, 0.1) is 17.3 Å². The van der Waals surface area contributed by atoms with E-state index in [1.165, 1.54) is 11.1 Å². The van der Waals surface area contributed by atoms with Crippen molar-refractivity contribution in [3.8, 4) is 5.69 Å². The minimum Gasteiger partial charge on any atom is -0.399 e. The fourth-order valence-corrected chi connectivity index (χ4v) is 2.69. The van der Waals surface area contributed by atoms with Gasteiger partial charge in [-0.25, -0.2) is 14.6 Å². The second-order valence-corrected chi connectivity index (χ2v) is 6.03. The van der Waals surface area contributed by atoms with E-state index in [2.05, 4.69) is 46.4 Å². The van der Waals surface area contributed by atoms with Gasteiger partial charge in [-0.1, -0.05) is 6.07 Å². The standard InChI is InChI=1S/C19H18N6/c1-12-3-8-16(9-13(12)2)25-19-17(10-23-25)18(21-11-22-19)24-15-6-4-14(20)5-7-15/h3-11H,20H2,1-2H3,(H,21,22,24). The summed E-state index contributed by atoms with van der Waals surface area (Å²) >= 11 is 0. The second kappa shape index (κ2) is 5.90. The van der Waals surface area contributed by atoms with Crippen molar-refractivity contribution < 1.29 is 0 Å². The molecule has 2 heterocycles. The Bertz CT molecular complexity index is 1050. The van der Waals surface area contributed by atoms with Gasteiger partial charge in [-0.3, -0.25) is 0 Å². The third-order valence-electron chi connectivity index (χ3n) is 4.27. The molecule has 0 saturated carbocycles. The summed E-state index contributed by atoms with van der Waals surface area (Å²) in [6, 6.07) is 13.8. The lowest BCUT2D eigenvalue weighted by atomic mass is 10.1. The fraction of sp³-hybridized carbons (Fsp3) is 0.105. The van der Waals surface area contributed by atoms with Crippen molar-refractivity contribution in [1.29, 1.82) is 0 Å². The molecule has 124 valence electrons. The van der Waals surface area contributed by atoms with Crippen LogP contribution in [0.15, 0.2) is 55.0 Å². The molecule has 0 radical (unpaired) electrons. The lowest BCUT2D eigenvalue weighted by molar-refractivity contribution is 0.893. The van der Waals surface area contributed by atoms with Gasteiger partial charge in [-0.05, 0) is 61.4 Å². The first-order chi connectivity index (χ1) is 12.1. The number of nitrogens with zero attached hydrogens (tertiary/aromatic N) is 4. The summed E-state index contributed by atoms with van der Waals surface area (Å²) in [4.78, 5) is 8.77. The van der Waals surface area contributed by atoms with Crippen LogP contribution in [0.5, 0.6) is 0 Å². The predicted molar refractivity (Wildman–Crippen MR) is 100 cm³/mol. The maximum atomic E-state index is 5.73. The minimum atomic E-state index is 0.713. The normalized spacial score (nSPS) is 11.0. The van der Waals surface area contributed by atoms with Gasteiger partial charge in [0.2, 0.25) is 0 Å². The third-order valence-corrected chi connectivity index (χ3v) is 4.27. The molecule has 0 aliphatic carbocycles. The molecule has 0 spiro atoms. The van der Waals surface area contributed by atoms with Gasteiger partial charge in [-0.2, -0.15) is 5.10 Å². The molecule has 0 bridgehead atoms. The van der Waals surface area contributed by atoms with Crippen LogP contribution in [0.2, 0.25) is 0 Å². The van der Waals surface area contributed by atoms with Crippen LogP contribution in [-0.4, -0.2) is 19.7 Å². The molecule has 6 heteroatoms. The van der Waals surface area contributed by atoms with Crippen molar-refractivity contribution in [2.24, 2.45) is 0 Å². The Kier molecular flexibility index (Phi) is 3.57. The molecule has 3 N–H and O–H groups in total. The van der Waals surface area contributed by atoms with E-state index in [1.54, 1.807) is 12.5 Å². The first kappa shape index (κ1) is 15.1. The number of hydrogen-bond donors (Lipinski definition) is 2. The van der Waals surface area contributed by atoms with E-state index in [4.69, 9.17) is 5.73 Å². The molecular weight excluding hydrogens is 312 g/mol. The Hall–Kier alpha value is -3.41. The monoisotopic (exact) mass is 330 g/mol. The van der Waals surface area contributed by atoms with Gasteiger partial charge in [0.1, 0.15) is 12.1 Å². The molecule has 0 fully saturated rings. The number of nitrogens with one attached hydrogen (secondary N) is 1. The molecule has 2 aromatic carbocycles. The number of aryl methyl sites for hydroxylation is 2. The van der Waals surface area contributed by atoms with E-state index in [1.807, 2.05) is 35.0 Å². The van der Waals surface area contributed by atoms with Crippen molar-refractivity contribution in [3.05, 3.63) is 66.1 Å². The zero-order chi connectivity index (χ0) is 17.4. The maximum Gasteiger partial charge on any atom is 0.168 e. The Balaban J connectivity index is 1.77. The summed E-state index contributed by atoms with van der Waals surface area (Å²) in [5.74, 6) is 0.713. The number of anilines is 3. The van der Waals surface area contributed by atoms with Gasteiger partial charge in [0.25, 0.3) is 0 Å². The number of aromatic nitrogens is 4. The lowest BCUT2D eigenvalue weighted by Gasteiger charge is -2.08. The first-order valence-electron chi connectivity index (χ1n) is 8.01. The summed E-state index contributed by atoms with van der Waals surface area (Å²) in [5.41, 5.74) is 11.6. The number of fused-ring (bicyclic) bond motifs is 1. The molecule has 2 aromatic heterocycles. The van der Waals surface area contributed by atoms with Crippen LogP contribution in [0, 0.1) is 13.8 Å². The zero-order valence-corrected chi connectivity index (χ0v) is 14.1. The van der Waals surface area contributed by atoms with Gasteiger partial charge in [-0.15, -0.1) is 0 Å². The SMILES string of the molecule is Cc1ccc(-n2ncc3c(Nc4ccc(N)cc4)ncnc32)cc1C. The molecule has 0 amide bonds. The molecular formula is C19H18N6. The maximum absolute atomic E-state index is 5.73. The predicted octanol–water partition coefficient (Wildman–Crippen LogP) is 3.76. The highest BCUT2D eigenvalue weighted by Crippen LogP contribution is 2.25. The summed E-state index contributed by atoms with van der Waals surface area (Å²) in [6.45, 7) is 4.19. The Labute approximate surface area is 145 Å². The number of hydrogen-bond acceptors (Lipinski definition) is 5. The van der Waals surface area contributed by atoms with E-state index in [9.17, 15) is 0 Å². The molecule has 0 aliphatic heterocycles. The zero-order valence-electron chi connectivity index (χ0n) is 14.1. The van der Waals surface area contributed by atoms with Gasteiger partial charge in [0, 0.05) is 11.4 Å². The number of benzene rings is 2. The van der Waals surface area contributed by atoms with Crippen molar-refractivity contribution in [2.45, 2.75) is 13.8 Å². The van der Waals surface area contributed by atoms with Crippen molar-refractivity contribution in [3.63, 3.8) is 0 Å².